The van der Waals surface area contributed by atoms with Gasteiger partial charge in [-0.05, 0) is 44.2 Å². The van der Waals surface area contributed by atoms with Crippen LogP contribution in [0.25, 0.3) is 0 Å². The molecule has 7 heteroatoms. The Labute approximate surface area is 151 Å². The number of nitrogens with zero attached hydrogens (tertiary/aromatic N) is 2. The minimum atomic E-state index is -0.957. The Bertz CT molecular complexity index is 790. The number of amides is 2. The summed E-state index contributed by atoms with van der Waals surface area (Å²) in [6, 6.07) is 9.73. The van der Waals surface area contributed by atoms with Gasteiger partial charge in [-0.3, -0.25) is 19.4 Å². The molecule has 0 aliphatic rings. The Morgan fingerprint density at radius 3 is 2.50 bits per heavy atom. The van der Waals surface area contributed by atoms with E-state index in [4.69, 9.17) is 5.11 Å². The molecular formula is C19H21N3O4. The molecule has 0 saturated carbocycles. The van der Waals surface area contributed by atoms with Crippen LogP contribution in [0.3, 0.4) is 0 Å². The van der Waals surface area contributed by atoms with Gasteiger partial charge in [-0.15, -0.1) is 0 Å². The third-order valence-corrected chi connectivity index (χ3v) is 3.74. The number of nitrogens with one attached hydrogen (secondary N) is 1. The molecule has 2 rings (SSSR count). The molecule has 0 atom stereocenters. The lowest BCUT2D eigenvalue weighted by atomic mass is 10.1. The summed E-state index contributed by atoms with van der Waals surface area (Å²) in [5.74, 6) is -1.56. The van der Waals surface area contributed by atoms with E-state index in [-0.39, 0.29) is 30.8 Å². The molecule has 2 aromatic rings. The largest absolute Gasteiger partial charge is 0.481 e. The van der Waals surface area contributed by atoms with Gasteiger partial charge < -0.3 is 15.3 Å². The summed E-state index contributed by atoms with van der Waals surface area (Å²) in [5, 5.41) is 11.6. The van der Waals surface area contributed by atoms with E-state index in [9.17, 15) is 14.4 Å². The lowest BCUT2D eigenvalue weighted by Crippen LogP contribution is -2.38. The van der Waals surface area contributed by atoms with E-state index in [1.165, 1.54) is 11.1 Å². The first-order chi connectivity index (χ1) is 12.4. The summed E-state index contributed by atoms with van der Waals surface area (Å²) < 4.78 is 0. The fraction of sp³-hybridized carbons (Fsp3) is 0.263. The van der Waals surface area contributed by atoms with Crippen molar-refractivity contribution in [3.8, 4) is 0 Å². The van der Waals surface area contributed by atoms with Crippen LogP contribution in [0.2, 0.25) is 0 Å². The minimum Gasteiger partial charge on any atom is -0.481 e. The molecule has 7 nitrogen and oxygen atoms in total. The van der Waals surface area contributed by atoms with Crippen LogP contribution in [0.4, 0.5) is 5.69 Å². The second kappa shape index (κ2) is 8.75. The van der Waals surface area contributed by atoms with Gasteiger partial charge in [0.05, 0.1) is 12.0 Å². The maximum atomic E-state index is 12.7. The first-order valence-corrected chi connectivity index (χ1v) is 8.22. The third-order valence-electron chi connectivity index (χ3n) is 3.74. The molecule has 2 amide bonds. The molecule has 0 fully saturated rings. The second-order valence-corrected chi connectivity index (χ2v) is 6.01. The normalized spacial score (nSPS) is 10.4. The van der Waals surface area contributed by atoms with E-state index in [1.54, 1.807) is 42.6 Å². The zero-order valence-corrected chi connectivity index (χ0v) is 14.7. The van der Waals surface area contributed by atoms with E-state index in [1.807, 2.05) is 13.8 Å². The number of aromatic nitrogens is 1. The van der Waals surface area contributed by atoms with Crippen molar-refractivity contribution in [3.05, 3.63) is 59.9 Å². The van der Waals surface area contributed by atoms with Gasteiger partial charge in [0, 0.05) is 36.2 Å². The van der Waals surface area contributed by atoms with Crippen LogP contribution in [0, 0.1) is 0 Å². The van der Waals surface area contributed by atoms with Crippen molar-refractivity contribution in [1.29, 1.82) is 0 Å². The third kappa shape index (κ3) is 5.14. The topological polar surface area (TPSA) is 99.6 Å². The molecule has 0 aliphatic heterocycles. The number of carbonyl (C=O) groups is 3. The Morgan fingerprint density at radius 1 is 1.15 bits per heavy atom. The molecule has 0 saturated heterocycles. The molecule has 0 aliphatic carbocycles. The SMILES string of the molecule is CC(C)N(CCC(=O)O)C(=O)c1cccc(NC(=O)c2cccnc2)c1. The highest BCUT2D eigenvalue weighted by Crippen LogP contribution is 2.16. The molecular weight excluding hydrogens is 334 g/mol. The number of hydrogen-bond donors (Lipinski definition) is 2. The van der Waals surface area contributed by atoms with Gasteiger partial charge in [0.1, 0.15) is 0 Å². The van der Waals surface area contributed by atoms with Crippen LogP contribution >= 0.6 is 0 Å². The van der Waals surface area contributed by atoms with Gasteiger partial charge in [0.15, 0.2) is 0 Å². The summed E-state index contributed by atoms with van der Waals surface area (Å²) in [6.07, 6.45) is 2.91. The van der Waals surface area contributed by atoms with E-state index in [0.29, 0.717) is 16.8 Å². The number of carboxylic acid groups (broad SMARTS) is 1. The van der Waals surface area contributed by atoms with Crippen molar-refractivity contribution < 1.29 is 19.5 Å². The molecule has 1 aromatic heterocycles. The number of anilines is 1. The van der Waals surface area contributed by atoms with Crippen molar-refractivity contribution in [2.24, 2.45) is 0 Å². The molecule has 1 aromatic carbocycles. The average Bonchev–Trinajstić information content (AvgIpc) is 2.62. The zero-order valence-electron chi connectivity index (χ0n) is 14.7. The lowest BCUT2D eigenvalue weighted by molar-refractivity contribution is -0.137. The first-order valence-electron chi connectivity index (χ1n) is 8.22. The average molecular weight is 355 g/mol. The molecule has 2 N–H and O–H groups in total. The van der Waals surface area contributed by atoms with Crippen LogP contribution in [0.5, 0.6) is 0 Å². The van der Waals surface area contributed by atoms with Gasteiger partial charge >= 0.3 is 5.97 Å². The van der Waals surface area contributed by atoms with Crippen LogP contribution < -0.4 is 5.32 Å². The van der Waals surface area contributed by atoms with E-state index >= 15 is 0 Å². The van der Waals surface area contributed by atoms with E-state index < -0.39 is 5.97 Å². The molecule has 26 heavy (non-hydrogen) atoms. The minimum absolute atomic E-state index is 0.123. The number of rotatable bonds is 7. The van der Waals surface area contributed by atoms with Crippen molar-refractivity contribution in [1.82, 2.24) is 9.88 Å². The van der Waals surface area contributed by atoms with Crippen molar-refractivity contribution in [2.75, 3.05) is 11.9 Å². The standard InChI is InChI=1S/C19H21N3O4/c1-13(2)22(10-8-17(23)24)19(26)14-5-3-7-16(11-14)21-18(25)15-6-4-9-20-12-15/h3-7,9,11-13H,8,10H2,1-2H3,(H,21,25)(H,23,24). The predicted molar refractivity (Wildman–Crippen MR) is 97.1 cm³/mol. The van der Waals surface area contributed by atoms with Crippen LogP contribution in [0.15, 0.2) is 48.8 Å². The molecule has 0 spiro atoms. The summed E-state index contributed by atoms with van der Waals surface area (Å²) >= 11 is 0. The Kier molecular flexibility index (Phi) is 6.43. The molecule has 0 bridgehead atoms. The highest BCUT2D eigenvalue weighted by atomic mass is 16.4. The van der Waals surface area contributed by atoms with Gasteiger partial charge in [0.2, 0.25) is 0 Å². The van der Waals surface area contributed by atoms with Crippen molar-refractivity contribution >= 4 is 23.5 Å². The Balaban J connectivity index is 2.15. The quantitative estimate of drug-likeness (QED) is 0.795. The summed E-state index contributed by atoms with van der Waals surface area (Å²) in [5.41, 5.74) is 1.27. The number of benzene rings is 1. The van der Waals surface area contributed by atoms with Gasteiger partial charge in [-0.25, -0.2) is 0 Å². The summed E-state index contributed by atoms with van der Waals surface area (Å²) in [6.45, 7) is 3.78. The van der Waals surface area contributed by atoms with Crippen molar-refractivity contribution in [3.63, 3.8) is 0 Å². The predicted octanol–water partition coefficient (Wildman–Crippen LogP) is 2.66. The maximum absolute atomic E-state index is 12.7. The number of carbonyl (C=O) groups excluding carboxylic acids is 2. The second-order valence-electron chi connectivity index (χ2n) is 6.01. The Morgan fingerprint density at radius 2 is 1.88 bits per heavy atom. The molecule has 136 valence electrons. The summed E-state index contributed by atoms with van der Waals surface area (Å²) in [7, 11) is 0. The number of carboxylic acids is 1. The highest BCUT2D eigenvalue weighted by Gasteiger charge is 2.20. The zero-order chi connectivity index (χ0) is 19.1. The maximum Gasteiger partial charge on any atom is 0.305 e. The van der Waals surface area contributed by atoms with Crippen molar-refractivity contribution in [2.45, 2.75) is 26.3 Å². The lowest BCUT2D eigenvalue weighted by Gasteiger charge is -2.26. The number of pyridine rings is 1. The van der Waals surface area contributed by atoms with Crippen LogP contribution in [-0.4, -0.2) is 45.4 Å². The van der Waals surface area contributed by atoms with E-state index in [2.05, 4.69) is 10.3 Å². The number of hydrogen-bond acceptors (Lipinski definition) is 4. The summed E-state index contributed by atoms with van der Waals surface area (Å²) in [4.78, 5) is 41.1. The Hall–Kier alpha value is -3.22. The molecule has 0 radical (unpaired) electrons. The number of aliphatic carboxylic acids is 1. The fourth-order valence-corrected chi connectivity index (χ4v) is 2.41. The fourth-order valence-electron chi connectivity index (χ4n) is 2.41. The monoisotopic (exact) mass is 355 g/mol. The van der Waals surface area contributed by atoms with Gasteiger partial charge in [-0.2, -0.15) is 0 Å². The first kappa shape index (κ1) is 19.1. The molecule has 0 unspecified atom stereocenters. The van der Waals surface area contributed by atoms with Crippen LogP contribution in [0.1, 0.15) is 41.0 Å². The van der Waals surface area contributed by atoms with Gasteiger partial charge in [-0.1, -0.05) is 6.07 Å². The smallest absolute Gasteiger partial charge is 0.305 e. The van der Waals surface area contributed by atoms with Gasteiger partial charge in [0.25, 0.3) is 11.8 Å². The highest BCUT2D eigenvalue weighted by molar-refractivity contribution is 6.05. The van der Waals surface area contributed by atoms with Crippen LogP contribution in [-0.2, 0) is 4.79 Å². The molecule has 1 heterocycles. The van der Waals surface area contributed by atoms with E-state index in [0.717, 1.165) is 0 Å².